The second-order valence-electron chi connectivity index (χ2n) is 6.01. The fraction of sp³-hybridized carbons (Fsp3) is 0.933. The summed E-state index contributed by atoms with van der Waals surface area (Å²) in [6.07, 6.45) is 3.93. The molecule has 2 aliphatic rings. The first-order valence-electron chi connectivity index (χ1n) is 7.35. The van der Waals surface area contributed by atoms with Crippen molar-refractivity contribution in [3.63, 3.8) is 0 Å². The minimum absolute atomic E-state index is 0.0430. The highest BCUT2D eigenvalue weighted by atomic mass is 16.7. The first-order chi connectivity index (χ1) is 9.11. The lowest BCUT2D eigenvalue weighted by Gasteiger charge is -2.51. The van der Waals surface area contributed by atoms with Gasteiger partial charge in [-0.3, -0.25) is 4.79 Å². The topological polar surface area (TPSA) is 55.8 Å². The normalized spacial score (nSPS) is 38.0. The number of methoxy groups -OCH3 is 2. The monoisotopic (exact) mass is 270 g/mol. The number of carbonyl (C=O) groups is 1. The van der Waals surface area contributed by atoms with Gasteiger partial charge in [0.2, 0.25) is 0 Å². The van der Waals surface area contributed by atoms with Gasteiger partial charge >= 0.3 is 0 Å². The lowest BCUT2D eigenvalue weighted by Crippen LogP contribution is -2.56. The van der Waals surface area contributed by atoms with Crippen LogP contribution >= 0.6 is 0 Å². The highest BCUT2D eigenvalue weighted by Crippen LogP contribution is 2.51. The van der Waals surface area contributed by atoms with Gasteiger partial charge in [0.25, 0.3) is 0 Å². The molecule has 2 fully saturated rings. The molecule has 0 amide bonds. The van der Waals surface area contributed by atoms with Crippen molar-refractivity contribution in [2.45, 2.75) is 44.8 Å². The van der Waals surface area contributed by atoms with E-state index in [1.165, 1.54) is 0 Å². The van der Waals surface area contributed by atoms with Crippen LogP contribution in [0.25, 0.3) is 0 Å². The van der Waals surface area contributed by atoms with Gasteiger partial charge in [0.05, 0.1) is 0 Å². The zero-order valence-electron chi connectivity index (χ0n) is 12.2. The van der Waals surface area contributed by atoms with E-state index in [-0.39, 0.29) is 24.4 Å². The summed E-state index contributed by atoms with van der Waals surface area (Å²) in [4.78, 5) is 12.3. The van der Waals surface area contributed by atoms with Gasteiger partial charge in [-0.15, -0.1) is 0 Å². The fourth-order valence-corrected chi connectivity index (χ4v) is 4.26. The lowest BCUT2D eigenvalue weighted by molar-refractivity contribution is -0.272. The highest BCUT2D eigenvalue weighted by Gasteiger charge is 2.54. The predicted molar refractivity (Wildman–Crippen MR) is 71.6 cm³/mol. The third kappa shape index (κ3) is 2.46. The number of Topliss-reactive ketones (excluding diaryl/α,β-unsaturated/α-hetero) is 1. The number of carbonyl (C=O) groups excluding carboxylic acids is 1. The van der Waals surface area contributed by atoms with Crippen LogP contribution in [0.3, 0.4) is 0 Å². The molecule has 110 valence electrons. The molecule has 0 heterocycles. The Bertz CT molecular complexity index is 324. The van der Waals surface area contributed by atoms with E-state index >= 15 is 0 Å². The van der Waals surface area contributed by atoms with E-state index in [4.69, 9.17) is 9.47 Å². The minimum atomic E-state index is -0.639. The molecule has 0 aliphatic heterocycles. The average molecular weight is 270 g/mol. The van der Waals surface area contributed by atoms with Crippen LogP contribution in [0.2, 0.25) is 0 Å². The van der Waals surface area contributed by atoms with Gasteiger partial charge in [-0.2, -0.15) is 0 Å². The Morgan fingerprint density at radius 3 is 2.53 bits per heavy atom. The van der Waals surface area contributed by atoms with E-state index < -0.39 is 5.79 Å². The molecule has 4 atom stereocenters. The maximum Gasteiger partial charge on any atom is 0.171 e. The molecule has 19 heavy (non-hydrogen) atoms. The first-order valence-corrected chi connectivity index (χ1v) is 7.35. The minimum Gasteiger partial charge on any atom is -0.396 e. The van der Waals surface area contributed by atoms with E-state index in [9.17, 15) is 9.90 Å². The maximum atomic E-state index is 12.3. The molecule has 0 spiro atoms. The van der Waals surface area contributed by atoms with E-state index in [0.717, 1.165) is 19.3 Å². The number of ketones is 1. The van der Waals surface area contributed by atoms with Crippen molar-refractivity contribution in [2.24, 2.45) is 23.7 Å². The maximum absolute atomic E-state index is 12.3. The zero-order valence-corrected chi connectivity index (χ0v) is 12.2. The Morgan fingerprint density at radius 2 is 2.00 bits per heavy atom. The van der Waals surface area contributed by atoms with Gasteiger partial charge in [-0.1, -0.05) is 13.3 Å². The highest BCUT2D eigenvalue weighted by molar-refractivity contribution is 5.83. The number of aliphatic hydroxyl groups is 1. The van der Waals surface area contributed by atoms with Crippen LogP contribution < -0.4 is 0 Å². The van der Waals surface area contributed by atoms with Gasteiger partial charge in [0, 0.05) is 45.5 Å². The largest absolute Gasteiger partial charge is 0.396 e. The Morgan fingerprint density at radius 1 is 1.32 bits per heavy atom. The molecule has 2 saturated carbocycles. The smallest absolute Gasteiger partial charge is 0.171 e. The molecule has 2 aliphatic carbocycles. The molecule has 1 N–H and O–H groups in total. The van der Waals surface area contributed by atoms with Gasteiger partial charge < -0.3 is 14.6 Å². The Hall–Kier alpha value is -0.450. The molecule has 4 heteroatoms. The van der Waals surface area contributed by atoms with Crippen molar-refractivity contribution in [2.75, 3.05) is 20.8 Å². The standard InChI is InChI=1S/C15H26O4/c1-4-11-7-10(9-16)8-12-14(11)13(17)5-6-15(12,18-2)19-3/h10-12,14,16H,4-9H2,1-3H3/t10?,11-,12+,14-/m0/s1. The number of fused-ring (bicyclic) bond motifs is 1. The number of hydrogen-bond donors (Lipinski definition) is 1. The van der Waals surface area contributed by atoms with Crippen LogP contribution in [0.4, 0.5) is 0 Å². The number of rotatable bonds is 4. The van der Waals surface area contributed by atoms with Crippen LogP contribution in [0.5, 0.6) is 0 Å². The van der Waals surface area contributed by atoms with Crippen LogP contribution in [-0.2, 0) is 14.3 Å². The fourth-order valence-electron chi connectivity index (χ4n) is 4.26. The lowest BCUT2D eigenvalue weighted by atomic mass is 9.59. The van der Waals surface area contributed by atoms with Gasteiger partial charge in [0.15, 0.2) is 5.79 Å². The second kappa shape index (κ2) is 5.90. The van der Waals surface area contributed by atoms with Crippen LogP contribution in [0.1, 0.15) is 39.0 Å². The molecule has 2 rings (SSSR count). The van der Waals surface area contributed by atoms with E-state index in [0.29, 0.717) is 24.5 Å². The van der Waals surface area contributed by atoms with Crippen molar-refractivity contribution < 1.29 is 19.4 Å². The molecular weight excluding hydrogens is 244 g/mol. The van der Waals surface area contributed by atoms with E-state index in [1.807, 2.05) is 0 Å². The van der Waals surface area contributed by atoms with Crippen LogP contribution in [0.15, 0.2) is 0 Å². The molecule has 0 aromatic rings. The molecular formula is C15H26O4. The van der Waals surface area contributed by atoms with Crippen LogP contribution in [0, 0.1) is 23.7 Å². The molecule has 0 aromatic carbocycles. The van der Waals surface area contributed by atoms with Gasteiger partial charge in [-0.25, -0.2) is 0 Å². The van der Waals surface area contributed by atoms with Crippen molar-refractivity contribution in [1.82, 2.24) is 0 Å². The van der Waals surface area contributed by atoms with Crippen molar-refractivity contribution in [1.29, 1.82) is 0 Å². The Balaban J connectivity index is 2.32. The number of aliphatic hydroxyl groups excluding tert-OH is 1. The van der Waals surface area contributed by atoms with E-state index in [1.54, 1.807) is 14.2 Å². The van der Waals surface area contributed by atoms with Crippen molar-refractivity contribution in [3.8, 4) is 0 Å². The number of hydrogen-bond acceptors (Lipinski definition) is 4. The molecule has 1 unspecified atom stereocenters. The summed E-state index contributed by atoms with van der Waals surface area (Å²) in [6, 6.07) is 0. The summed E-state index contributed by atoms with van der Waals surface area (Å²) in [5.74, 6) is 0.467. The Kier molecular flexibility index (Phi) is 4.64. The SMILES string of the molecule is CC[C@H]1CC(CO)C[C@@H]2[C@H]1C(=O)CCC2(OC)OC. The third-order valence-electron chi connectivity index (χ3n) is 5.29. The molecule has 0 bridgehead atoms. The summed E-state index contributed by atoms with van der Waals surface area (Å²) >= 11 is 0. The molecule has 4 nitrogen and oxygen atoms in total. The van der Waals surface area contributed by atoms with Gasteiger partial charge in [-0.05, 0) is 24.7 Å². The molecule has 0 saturated heterocycles. The quantitative estimate of drug-likeness (QED) is 0.794. The predicted octanol–water partition coefficient (Wildman–Crippen LogP) is 2.00. The summed E-state index contributed by atoms with van der Waals surface area (Å²) in [6.45, 7) is 2.32. The molecule has 0 aromatic heterocycles. The Labute approximate surface area is 115 Å². The average Bonchev–Trinajstić information content (AvgIpc) is 2.47. The zero-order chi connectivity index (χ0) is 14.0. The number of ether oxygens (including phenoxy) is 2. The van der Waals surface area contributed by atoms with Crippen LogP contribution in [-0.4, -0.2) is 37.5 Å². The summed E-state index contributed by atoms with van der Waals surface area (Å²) in [7, 11) is 3.33. The summed E-state index contributed by atoms with van der Waals surface area (Å²) < 4.78 is 11.4. The van der Waals surface area contributed by atoms with E-state index in [2.05, 4.69) is 6.92 Å². The van der Waals surface area contributed by atoms with Gasteiger partial charge in [0.1, 0.15) is 5.78 Å². The molecule has 0 radical (unpaired) electrons. The summed E-state index contributed by atoms with van der Waals surface area (Å²) in [5, 5.41) is 9.51. The third-order valence-corrected chi connectivity index (χ3v) is 5.29. The second-order valence-corrected chi connectivity index (χ2v) is 6.01. The first kappa shape index (κ1) is 14.9. The summed E-state index contributed by atoms with van der Waals surface area (Å²) in [5.41, 5.74) is 0. The van der Waals surface area contributed by atoms with Crippen molar-refractivity contribution >= 4 is 5.78 Å². The van der Waals surface area contributed by atoms with Crippen molar-refractivity contribution in [3.05, 3.63) is 0 Å².